The van der Waals surface area contributed by atoms with Gasteiger partial charge in [0.1, 0.15) is 6.10 Å². The fraction of sp³-hybridized carbons (Fsp3) is 0.600. The molecule has 1 heterocycles. The van der Waals surface area contributed by atoms with Gasteiger partial charge in [0, 0.05) is 24.8 Å². The summed E-state index contributed by atoms with van der Waals surface area (Å²) in [6.45, 7) is 0.785. The summed E-state index contributed by atoms with van der Waals surface area (Å²) in [6, 6.07) is 8.56. The van der Waals surface area contributed by atoms with Crippen LogP contribution >= 0.6 is 11.8 Å². The van der Waals surface area contributed by atoms with Crippen LogP contribution in [0.4, 0.5) is 0 Å². The molecule has 5 N–H and O–H groups in total. The Morgan fingerprint density at radius 3 is 2.56 bits per heavy atom. The van der Waals surface area contributed by atoms with Crippen LogP contribution in [0.5, 0.6) is 0 Å². The summed E-state index contributed by atoms with van der Waals surface area (Å²) in [4.78, 5) is 26.1. The van der Waals surface area contributed by atoms with E-state index in [1.165, 1.54) is 0 Å². The Morgan fingerprint density at radius 1 is 1.15 bits per heavy atom. The topological polar surface area (TPSA) is 110 Å². The molecule has 6 nitrogen and oxygen atoms in total. The summed E-state index contributed by atoms with van der Waals surface area (Å²) in [5.41, 5.74) is 13.0. The van der Waals surface area contributed by atoms with Crippen LogP contribution in [0.25, 0.3) is 0 Å². The van der Waals surface area contributed by atoms with Crippen LogP contribution in [0.1, 0.15) is 37.7 Å². The third-order valence-corrected chi connectivity index (χ3v) is 5.84. The van der Waals surface area contributed by atoms with Gasteiger partial charge in [-0.2, -0.15) is 0 Å². The molecule has 0 unspecified atom stereocenters. The molecule has 1 amide bonds. The number of Topliss-reactive ketones (excluding diaryl/α,β-unsaturated/α-hetero) is 1. The van der Waals surface area contributed by atoms with E-state index in [1.807, 2.05) is 35.2 Å². The summed E-state index contributed by atoms with van der Waals surface area (Å²) in [6.07, 6.45) is 2.55. The predicted octanol–water partition coefficient (Wildman–Crippen LogP) is 1.30. The maximum Gasteiger partial charge on any atom is 0.240 e. The minimum Gasteiger partial charge on any atom is -0.384 e. The van der Waals surface area contributed by atoms with Crippen molar-refractivity contribution in [2.75, 3.05) is 18.2 Å². The maximum absolute atomic E-state index is 12.1. The second kappa shape index (κ2) is 11.4. The van der Waals surface area contributed by atoms with E-state index in [1.54, 1.807) is 11.8 Å². The minimum atomic E-state index is -1.14. The number of aliphatic hydroxyl groups excluding tert-OH is 1. The molecule has 1 saturated heterocycles. The van der Waals surface area contributed by atoms with Crippen molar-refractivity contribution in [3.8, 4) is 0 Å². The van der Waals surface area contributed by atoms with Gasteiger partial charge in [-0.1, -0.05) is 43.2 Å². The van der Waals surface area contributed by atoms with Crippen LogP contribution in [0.15, 0.2) is 30.3 Å². The second-order valence-electron chi connectivity index (χ2n) is 7.11. The minimum absolute atomic E-state index is 0.0263. The first-order valence-corrected chi connectivity index (χ1v) is 10.8. The van der Waals surface area contributed by atoms with Crippen LogP contribution < -0.4 is 11.5 Å². The zero-order valence-electron chi connectivity index (χ0n) is 15.8. The number of thioether (sulfide) groups is 1. The van der Waals surface area contributed by atoms with Crippen molar-refractivity contribution in [3.63, 3.8) is 0 Å². The Balaban J connectivity index is 1.60. The lowest BCUT2D eigenvalue weighted by atomic mass is 9.96. The van der Waals surface area contributed by atoms with Crippen molar-refractivity contribution in [2.45, 2.75) is 56.7 Å². The molecule has 150 valence electrons. The van der Waals surface area contributed by atoms with E-state index in [4.69, 9.17) is 11.5 Å². The lowest BCUT2D eigenvalue weighted by molar-refractivity contribution is -0.131. The number of rotatable bonds is 11. The molecule has 3 atom stereocenters. The maximum atomic E-state index is 12.1. The quantitative estimate of drug-likeness (QED) is 0.489. The van der Waals surface area contributed by atoms with Crippen molar-refractivity contribution in [2.24, 2.45) is 11.5 Å². The second-order valence-corrected chi connectivity index (χ2v) is 8.18. The van der Waals surface area contributed by atoms with Crippen LogP contribution in [0.2, 0.25) is 0 Å². The molecular formula is C20H31N3O3S. The van der Waals surface area contributed by atoms with Crippen LogP contribution in [-0.2, 0) is 16.0 Å². The Bertz CT molecular complexity index is 593. The highest BCUT2D eigenvalue weighted by molar-refractivity contribution is 7.99. The molecule has 0 aliphatic carbocycles. The predicted molar refractivity (Wildman–Crippen MR) is 109 cm³/mol. The highest BCUT2D eigenvalue weighted by atomic mass is 32.2. The Kier molecular flexibility index (Phi) is 9.27. The van der Waals surface area contributed by atoms with Crippen molar-refractivity contribution in [3.05, 3.63) is 35.9 Å². The van der Waals surface area contributed by atoms with Crippen molar-refractivity contribution in [1.29, 1.82) is 0 Å². The molecule has 1 aromatic carbocycles. The fourth-order valence-corrected chi connectivity index (χ4v) is 4.13. The number of ketones is 1. The standard InChI is InChI=1S/C20H31N3O3S/c21-16(20(26)23-11-12-27-14-23)9-5-2-6-10-18(24)19(25)17(22)13-15-7-3-1-4-8-15/h1,3-4,7-8,16-17,19,25H,2,5-6,9-14,21-22H2/t16-,17+,19-/m0/s1. The lowest BCUT2D eigenvalue weighted by Gasteiger charge is -2.19. The van der Waals surface area contributed by atoms with Crippen LogP contribution in [-0.4, -0.2) is 58.1 Å². The number of nitrogens with two attached hydrogens (primary N) is 2. The van der Waals surface area contributed by atoms with E-state index in [2.05, 4.69) is 0 Å². The Morgan fingerprint density at radius 2 is 1.89 bits per heavy atom. The normalized spacial score (nSPS) is 17.5. The molecule has 27 heavy (non-hydrogen) atoms. The summed E-state index contributed by atoms with van der Waals surface area (Å²) >= 11 is 1.75. The largest absolute Gasteiger partial charge is 0.384 e. The van der Waals surface area contributed by atoms with Gasteiger partial charge in [-0.25, -0.2) is 0 Å². The van der Waals surface area contributed by atoms with Gasteiger partial charge < -0.3 is 21.5 Å². The number of hydrogen-bond donors (Lipinski definition) is 3. The number of carbonyl (C=O) groups is 2. The van der Waals surface area contributed by atoms with Crippen molar-refractivity contribution in [1.82, 2.24) is 4.90 Å². The smallest absolute Gasteiger partial charge is 0.240 e. The van der Waals surface area contributed by atoms with Gasteiger partial charge in [0.25, 0.3) is 0 Å². The fourth-order valence-electron chi connectivity index (χ4n) is 3.17. The zero-order chi connectivity index (χ0) is 19.6. The highest BCUT2D eigenvalue weighted by Crippen LogP contribution is 2.16. The average molecular weight is 394 g/mol. The first-order chi connectivity index (χ1) is 13.0. The molecule has 1 aromatic rings. The van der Waals surface area contributed by atoms with Gasteiger partial charge in [0.15, 0.2) is 5.78 Å². The van der Waals surface area contributed by atoms with E-state index in [9.17, 15) is 14.7 Å². The van der Waals surface area contributed by atoms with Gasteiger partial charge in [-0.15, -0.1) is 11.8 Å². The summed E-state index contributed by atoms with van der Waals surface area (Å²) in [7, 11) is 0. The third kappa shape index (κ3) is 7.25. The SMILES string of the molecule is N[C@H](Cc1ccccc1)[C@H](O)C(=O)CCCCC[C@H](N)C(=O)N1CCSC1. The number of benzene rings is 1. The molecule has 0 spiro atoms. The molecule has 0 bridgehead atoms. The monoisotopic (exact) mass is 393 g/mol. The molecule has 2 rings (SSSR count). The van der Waals surface area contributed by atoms with E-state index in [0.29, 0.717) is 25.7 Å². The average Bonchev–Trinajstić information content (AvgIpc) is 3.21. The summed E-state index contributed by atoms with van der Waals surface area (Å²) in [5.74, 6) is 1.53. The van der Waals surface area contributed by atoms with Gasteiger partial charge in [-0.05, 0) is 24.8 Å². The van der Waals surface area contributed by atoms with Gasteiger partial charge >= 0.3 is 0 Å². The van der Waals surface area contributed by atoms with Gasteiger partial charge in [-0.3, -0.25) is 9.59 Å². The Hall–Kier alpha value is -1.41. The number of amides is 1. The van der Waals surface area contributed by atoms with Gasteiger partial charge in [0.05, 0.1) is 11.9 Å². The van der Waals surface area contributed by atoms with Crippen molar-refractivity contribution < 1.29 is 14.7 Å². The van der Waals surface area contributed by atoms with E-state index < -0.39 is 18.2 Å². The molecular weight excluding hydrogens is 362 g/mol. The molecule has 1 aliphatic rings. The molecule has 0 aromatic heterocycles. The number of nitrogens with zero attached hydrogens (tertiary/aromatic N) is 1. The molecule has 0 saturated carbocycles. The number of aliphatic hydroxyl groups is 1. The molecule has 0 radical (unpaired) electrons. The summed E-state index contributed by atoms with van der Waals surface area (Å²) in [5, 5.41) is 10.1. The number of unbranched alkanes of at least 4 members (excludes halogenated alkanes) is 2. The molecule has 1 fully saturated rings. The molecule has 1 aliphatic heterocycles. The lowest BCUT2D eigenvalue weighted by Crippen LogP contribution is -2.42. The highest BCUT2D eigenvalue weighted by Gasteiger charge is 2.24. The first-order valence-electron chi connectivity index (χ1n) is 9.61. The first kappa shape index (κ1) is 21.9. The van der Waals surface area contributed by atoms with Crippen LogP contribution in [0.3, 0.4) is 0 Å². The van der Waals surface area contributed by atoms with Crippen molar-refractivity contribution >= 4 is 23.5 Å². The third-order valence-electron chi connectivity index (χ3n) is 4.87. The van der Waals surface area contributed by atoms with E-state index in [0.717, 1.165) is 36.6 Å². The summed E-state index contributed by atoms with van der Waals surface area (Å²) < 4.78 is 0. The van der Waals surface area contributed by atoms with E-state index >= 15 is 0 Å². The number of hydrogen-bond acceptors (Lipinski definition) is 6. The zero-order valence-corrected chi connectivity index (χ0v) is 16.6. The Labute approximate surface area is 165 Å². The van der Waals surface area contributed by atoms with Crippen LogP contribution in [0, 0.1) is 0 Å². The van der Waals surface area contributed by atoms with Gasteiger partial charge in [0.2, 0.25) is 5.91 Å². The number of carbonyl (C=O) groups excluding carboxylic acids is 2. The molecule has 7 heteroatoms. The van der Waals surface area contributed by atoms with E-state index in [-0.39, 0.29) is 11.7 Å².